The van der Waals surface area contributed by atoms with Gasteiger partial charge in [-0.1, -0.05) is 0 Å². The number of halogens is 2. The van der Waals surface area contributed by atoms with Crippen molar-refractivity contribution in [2.75, 3.05) is 18.5 Å². The van der Waals surface area contributed by atoms with Gasteiger partial charge in [0.25, 0.3) is 0 Å². The Labute approximate surface area is 102 Å². The second-order valence-corrected chi connectivity index (χ2v) is 4.53. The summed E-state index contributed by atoms with van der Waals surface area (Å²) in [5.41, 5.74) is -1.46. The maximum absolute atomic E-state index is 13.4. The lowest BCUT2D eigenvalue weighted by Crippen LogP contribution is -2.35. The molecule has 98 valence electrons. The van der Waals surface area contributed by atoms with Crippen molar-refractivity contribution < 1.29 is 18.4 Å². The van der Waals surface area contributed by atoms with Crippen molar-refractivity contribution in [2.45, 2.75) is 18.9 Å². The Kier molecular flexibility index (Phi) is 3.16. The van der Waals surface area contributed by atoms with Gasteiger partial charge in [-0.2, -0.15) is 4.39 Å². The molecule has 0 aliphatic carbocycles. The Hall–Kier alpha value is -1.76. The summed E-state index contributed by atoms with van der Waals surface area (Å²) < 4.78 is 31.7. The van der Waals surface area contributed by atoms with Crippen molar-refractivity contribution in [3.05, 3.63) is 33.9 Å². The Bertz CT molecular complexity index is 487. The van der Waals surface area contributed by atoms with E-state index < -0.39 is 27.8 Å². The summed E-state index contributed by atoms with van der Waals surface area (Å²) in [6, 6.07) is 1.42. The maximum atomic E-state index is 13.4. The minimum absolute atomic E-state index is 0.162. The maximum Gasteiger partial charge on any atom is 0.327 e. The molecule has 18 heavy (non-hydrogen) atoms. The Balaban J connectivity index is 2.39. The van der Waals surface area contributed by atoms with Crippen molar-refractivity contribution in [3.8, 4) is 0 Å². The Morgan fingerprint density at radius 2 is 2.22 bits per heavy atom. The molecule has 1 atom stereocenters. The molecule has 0 amide bonds. The van der Waals surface area contributed by atoms with Crippen LogP contribution < -0.4 is 5.32 Å². The lowest BCUT2D eigenvalue weighted by molar-refractivity contribution is -0.386. The molecule has 1 aliphatic heterocycles. The lowest BCUT2D eigenvalue weighted by atomic mass is 10.0. The number of anilines is 1. The molecule has 1 aromatic rings. The summed E-state index contributed by atoms with van der Waals surface area (Å²) >= 11 is 0. The second kappa shape index (κ2) is 4.49. The first-order valence-electron chi connectivity index (χ1n) is 5.41. The molecule has 1 heterocycles. The van der Waals surface area contributed by atoms with Gasteiger partial charge >= 0.3 is 5.69 Å². The average Bonchev–Trinajstić information content (AvgIpc) is 2.62. The highest BCUT2D eigenvalue weighted by Crippen LogP contribution is 2.33. The first kappa shape index (κ1) is 12.7. The van der Waals surface area contributed by atoms with Crippen LogP contribution in [0.3, 0.4) is 0 Å². The van der Waals surface area contributed by atoms with Crippen LogP contribution in [0.15, 0.2) is 12.1 Å². The summed E-state index contributed by atoms with van der Waals surface area (Å²) in [6.45, 7) is 2.63. The van der Waals surface area contributed by atoms with Crippen LogP contribution in [0.4, 0.5) is 20.2 Å². The zero-order chi connectivity index (χ0) is 13.3. The Morgan fingerprint density at radius 3 is 2.78 bits per heavy atom. The molecule has 1 saturated heterocycles. The summed E-state index contributed by atoms with van der Waals surface area (Å²) in [6.07, 6.45) is 0.613. The van der Waals surface area contributed by atoms with Crippen LogP contribution in [-0.4, -0.2) is 23.7 Å². The fraction of sp³-hybridized carbons (Fsp3) is 0.455. The van der Waals surface area contributed by atoms with Gasteiger partial charge in [0.1, 0.15) is 11.5 Å². The van der Waals surface area contributed by atoms with Crippen molar-refractivity contribution in [3.63, 3.8) is 0 Å². The number of nitrogens with one attached hydrogen (secondary N) is 1. The molecule has 7 heteroatoms. The zero-order valence-corrected chi connectivity index (χ0v) is 9.70. The van der Waals surface area contributed by atoms with E-state index >= 15 is 0 Å². The van der Waals surface area contributed by atoms with Crippen LogP contribution in [0.25, 0.3) is 0 Å². The van der Waals surface area contributed by atoms with Gasteiger partial charge in [-0.15, -0.1) is 0 Å². The highest BCUT2D eigenvalue weighted by atomic mass is 19.1. The fourth-order valence-electron chi connectivity index (χ4n) is 1.94. The standard InChI is InChI=1S/C11H12F2N2O3/c1-11(2-3-18-6-11)14-9-5-7(12)4-8(13)10(9)15(16)17/h4-5,14H,2-3,6H2,1H3. The van der Waals surface area contributed by atoms with E-state index in [1.807, 2.05) is 0 Å². The minimum Gasteiger partial charge on any atom is -0.379 e. The largest absolute Gasteiger partial charge is 0.379 e. The number of hydrogen-bond acceptors (Lipinski definition) is 4. The molecule has 0 spiro atoms. The SMILES string of the molecule is CC1(Nc2cc(F)cc(F)c2[N+](=O)[O-])CCOC1. The predicted octanol–water partition coefficient (Wildman–Crippen LogP) is 2.46. The Morgan fingerprint density at radius 1 is 1.50 bits per heavy atom. The van der Waals surface area contributed by atoms with E-state index in [-0.39, 0.29) is 5.69 Å². The number of nitro benzene ring substituents is 1. The molecule has 0 bridgehead atoms. The van der Waals surface area contributed by atoms with Crippen LogP contribution in [0.1, 0.15) is 13.3 Å². The number of benzene rings is 1. The first-order chi connectivity index (χ1) is 8.41. The molecule has 1 N–H and O–H groups in total. The average molecular weight is 258 g/mol. The summed E-state index contributed by atoms with van der Waals surface area (Å²) in [7, 11) is 0. The lowest BCUT2D eigenvalue weighted by Gasteiger charge is -2.24. The number of nitro groups is 1. The first-order valence-corrected chi connectivity index (χ1v) is 5.41. The van der Waals surface area contributed by atoms with Crippen LogP contribution in [0.2, 0.25) is 0 Å². The summed E-state index contributed by atoms with van der Waals surface area (Å²) in [4.78, 5) is 9.94. The van der Waals surface area contributed by atoms with Crippen LogP contribution in [0, 0.1) is 21.7 Å². The summed E-state index contributed by atoms with van der Waals surface area (Å²) in [5, 5.41) is 13.6. The highest BCUT2D eigenvalue weighted by molar-refractivity contribution is 5.63. The van der Waals surface area contributed by atoms with Gasteiger partial charge in [-0.05, 0) is 13.3 Å². The molecule has 1 unspecified atom stereocenters. The van der Waals surface area contributed by atoms with Crippen LogP contribution >= 0.6 is 0 Å². The van der Waals surface area contributed by atoms with Crippen molar-refractivity contribution in [2.24, 2.45) is 0 Å². The molecule has 1 aromatic carbocycles. The van der Waals surface area contributed by atoms with Crippen molar-refractivity contribution in [1.29, 1.82) is 0 Å². The predicted molar refractivity (Wildman–Crippen MR) is 60.5 cm³/mol. The van der Waals surface area contributed by atoms with Crippen molar-refractivity contribution >= 4 is 11.4 Å². The van der Waals surface area contributed by atoms with Gasteiger partial charge in [0.05, 0.1) is 17.1 Å². The molecule has 5 nitrogen and oxygen atoms in total. The smallest absolute Gasteiger partial charge is 0.327 e. The molecule has 0 saturated carbocycles. The molecular weight excluding hydrogens is 246 g/mol. The zero-order valence-electron chi connectivity index (χ0n) is 9.70. The second-order valence-electron chi connectivity index (χ2n) is 4.53. The number of hydrogen-bond donors (Lipinski definition) is 1. The van der Waals surface area contributed by atoms with E-state index in [9.17, 15) is 18.9 Å². The molecule has 0 aromatic heterocycles. The van der Waals surface area contributed by atoms with Gasteiger partial charge in [0, 0.05) is 18.7 Å². The van der Waals surface area contributed by atoms with Gasteiger partial charge in [-0.25, -0.2) is 4.39 Å². The highest BCUT2D eigenvalue weighted by Gasteiger charge is 2.33. The third-order valence-corrected chi connectivity index (χ3v) is 2.87. The van der Waals surface area contributed by atoms with Crippen molar-refractivity contribution in [1.82, 2.24) is 0 Å². The monoisotopic (exact) mass is 258 g/mol. The van der Waals surface area contributed by atoms with Gasteiger partial charge in [-0.3, -0.25) is 10.1 Å². The van der Waals surface area contributed by atoms with Gasteiger partial charge in [0.15, 0.2) is 0 Å². The number of rotatable bonds is 3. The van der Waals surface area contributed by atoms with Crippen LogP contribution in [0.5, 0.6) is 0 Å². The van der Waals surface area contributed by atoms with Gasteiger partial charge in [0.2, 0.25) is 5.82 Å². The molecule has 0 radical (unpaired) electrons. The quantitative estimate of drug-likeness (QED) is 0.668. The fourth-order valence-corrected chi connectivity index (χ4v) is 1.94. The van der Waals surface area contributed by atoms with Crippen LogP contribution in [-0.2, 0) is 4.74 Å². The topological polar surface area (TPSA) is 64.4 Å². The van der Waals surface area contributed by atoms with E-state index in [1.54, 1.807) is 6.92 Å². The van der Waals surface area contributed by atoms with E-state index in [2.05, 4.69) is 5.32 Å². The van der Waals surface area contributed by atoms with E-state index in [0.29, 0.717) is 25.7 Å². The third kappa shape index (κ3) is 2.40. The molecule has 1 aliphatic rings. The van der Waals surface area contributed by atoms with Gasteiger partial charge < -0.3 is 10.1 Å². The van der Waals surface area contributed by atoms with E-state index in [1.165, 1.54) is 0 Å². The molecular formula is C11H12F2N2O3. The molecule has 2 rings (SSSR count). The number of ether oxygens (including phenoxy) is 1. The van der Waals surface area contributed by atoms with E-state index in [0.717, 1.165) is 6.07 Å². The number of nitrogens with zero attached hydrogens (tertiary/aromatic N) is 1. The molecule has 1 fully saturated rings. The summed E-state index contributed by atoms with van der Waals surface area (Å²) in [5.74, 6) is -2.05. The normalized spacial score (nSPS) is 23.1. The minimum atomic E-state index is -1.19. The van der Waals surface area contributed by atoms with E-state index in [4.69, 9.17) is 4.74 Å². The third-order valence-electron chi connectivity index (χ3n) is 2.87.